The molecule has 7 heteroatoms. The Balaban J connectivity index is 2.01. The number of rotatable bonds is 7. The van der Waals surface area contributed by atoms with E-state index in [0.29, 0.717) is 16.9 Å². The van der Waals surface area contributed by atoms with Crippen LogP contribution in [0.3, 0.4) is 0 Å². The normalized spacial score (nSPS) is 18.0. The number of esters is 2. The van der Waals surface area contributed by atoms with Crippen LogP contribution in [0.1, 0.15) is 31.1 Å². The summed E-state index contributed by atoms with van der Waals surface area (Å²) >= 11 is 0. The first kappa shape index (κ1) is 21.1. The van der Waals surface area contributed by atoms with Gasteiger partial charge in [0.2, 0.25) is 0 Å². The van der Waals surface area contributed by atoms with Gasteiger partial charge in [-0.05, 0) is 51.1 Å². The topological polar surface area (TPSA) is 84.9 Å². The number of hydrogen-bond acceptors (Lipinski definition) is 6. The van der Waals surface area contributed by atoms with E-state index >= 15 is 0 Å². The van der Waals surface area contributed by atoms with E-state index in [1.807, 2.05) is 6.07 Å². The van der Waals surface area contributed by atoms with Crippen molar-refractivity contribution in [1.82, 2.24) is 0 Å². The lowest BCUT2D eigenvalue weighted by Crippen LogP contribution is -2.51. The van der Waals surface area contributed by atoms with Crippen molar-refractivity contribution in [2.75, 3.05) is 23.4 Å². The van der Waals surface area contributed by atoms with Gasteiger partial charge in [-0.1, -0.05) is 30.3 Å². The Morgan fingerprint density at radius 1 is 0.967 bits per heavy atom. The van der Waals surface area contributed by atoms with Crippen molar-refractivity contribution in [2.24, 2.45) is 0 Å². The predicted octanol–water partition coefficient (Wildman–Crippen LogP) is 3.53. The molecule has 0 saturated heterocycles. The number of nitrogens with zero attached hydrogens (tertiary/aromatic N) is 1. The number of carbonyl (C=O) groups is 3. The molecule has 0 unspecified atom stereocenters. The van der Waals surface area contributed by atoms with Crippen LogP contribution in [0.2, 0.25) is 0 Å². The summed E-state index contributed by atoms with van der Waals surface area (Å²) in [6.45, 7) is 5.48. The van der Waals surface area contributed by atoms with Crippen molar-refractivity contribution in [3.63, 3.8) is 0 Å². The lowest BCUT2D eigenvalue weighted by atomic mass is 10.0. The van der Waals surface area contributed by atoms with Gasteiger partial charge in [0.1, 0.15) is 5.70 Å². The van der Waals surface area contributed by atoms with Crippen LogP contribution in [0.25, 0.3) is 0 Å². The smallest absolute Gasteiger partial charge is 0.340 e. The second kappa shape index (κ2) is 8.82. The molecule has 3 rings (SSSR count). The molecule has 156 valence electrons. The fraction of sp³-hybridized carbons (Fsp3) is 0.261. The minimum Gasteiger partial charge on any atom is -0.464 e. The van der Waals surface area contributed by atoms with Crippen LogP contribution < -0.4 is 10.2 Å². The Hall–Kier alpha value is -3.61. The van der Waals surface area contributed by atoms with E-state index in [2.05, 4.69) is 5.32 Å². The maximum Gasteiger partial charge on any atom is 0.340 e. The maximum atomic E-state index is 13.3. The summed E-state index contributed by atoms with van der Waals surface area (Å²) < 4.78 is 10.3. The molecule has 1 aliphatic heterocycles. The van der Waals surface area contributed by atoms with Gasteiger partial charge >= 0.3 is 11.9 Å². The number of ether oxygens (including phenoxy) is 2. The monoisotopic (exact) mass is 408 g/mol. The second-order valence-corrected chi connectivity index (χ2v) is 6.79. The molecule has 2 aromatic rings. The molecule has 30 heavy (non-hydrogen) atoms. The molecule has 1 N–H and O–H groups in total. The number of hydrogen-bond donors (Lipinski definition) is 1. The van der Waals surface area contributed by atoms with E-state index in [1.165, 1.54) is 11.0 Å². The largest absolute Gasteiger partial charge is 0.464 e. The van der Waals surface area contributed by atoms with Crippen LogP contribution in [0.15, 0.2) is 66.4 Å². The zero-order valence-electron chi connectivity index (χ0n) is 17.2. The fourth-order valence-corrected chi connectivity index (χ4v) is 3.34. The van der Waals surface area contributed by atoms with Gasteiger partial charge in [0.05, 0.1) is 24.5 Å². The summed E-state index contributed by atoms with van der Waals surface area (Å²) in [4.78, 5) is 39.8. The van der Waals surface area contributed by atoms with Gasteiger partial charge in [0.25, 0.3) is 5.91 Å². The molecule has 1 atom stereocenters. The lowest BCUT2D eigenvalue weighted by molar-refractivity contribution is -0.147. The van der Waals surface area contributed by atoms with Crippen LogP contribution in [0, 0.1) is 0 Å². The van der Waals surface area contributed by atoms with Crippen LogP contribution in [0.4, 0.5) is 11.4 Å². The van der Waals surface area contributed by atoms with Crippen LogP contribution >= 0.6 is 0 Å². The number of amides is 1. The summed E-state index contributed by atoms with van der Waals surface area (Å²) in [6.07, 6.45) is 1.53. The summed E-state index contributed by atoms with van der Waals surface area (Å²) in [6, 6.07) is 15.6. The molecule has 0 aliphatic carbocycles. The molecular weight excluding hydrogens is 384 g/mol. The molecule has 0 radical (unpaired) electrons. The number of para-hydroxylation sites is 2. The van der Waals surface area contributed by atoms with Crippen molar-refractivity contribution in [3.05, 3.63) is 71.9 Å². The van der Waals surface area contributed by atoms with Crippen molar-refractivity contribution < 1.29 is 23.9 Å². The van der Waals surface area contributed by atoms with E-state index in [4.69, 9.17) is 9.47 Å². The molecule has 2 aromatic carbocycles. The minimum atomic E-state index is -1.34. The highest BCUT2D eigenvalue weighted by atomic mass is 16.5. The SMILES string of the molecule is CCOC(=O)c1ccccc1NC1=C[C@@](C)(C(=O)OCC)N(c2ccccc2)C1=O. The zero-order chi connectivity index (χ0) is 21.7. The average molecular weight is 408 g/mol. The third kappa shape index (κ3) is 3.91. The van der Waals surface area contributed by atoms with E-state index < -0.39 is 23.4 Å². The third-order valence-corrected chi connectivity index (χ3v) is 4.72. The van der Waals surface area contributed by atoms with E-state index in [1.54, 1.807) is 69.3 Å². The van der Waals surface area contributed by atoms with Crippen molar-refractivity contribution in [3.8, 4) is 0 Å². The highest BCUT2D eigenvalue weighted by Crippen LogP contribution is 2.35. The summed E-state index contributed by atoms with van der Waals surface area (Å²) in [5.41, 5.74) is 0.104. The van der Waals surface area contributed by atoms with Gasteiger partial charge in [-0.3, -0.25) is 9.69 Å². The van der Waals surface area contributed by atoms with Gasteiger partial charge in [-0.2, -0.15) is 0 Å². The third-order valence-electron chi connectivity index (χ3n) is 4.72. The molecule has 0 saturated carbocycles. The Labute approximate surface area is 175 Å². The molecular formula is C23H24N2O5. The van der Waals surface area contributed by atoms with Gasteiger partial charge < -0.3 is 14.8 Å². The summed E-state index contributed by atoms with van der Waals surface area (Å²) in [5.74, 6) is -1.45. The number of carbonyl (C=O) groups excluding carboxylic acids is 3. The fourth-order valence-electron chi connectivity index (χ4n) is 3.34. The van der Waals surface area contributed by atoms with E-state index in [0.717, 1.165) is 0 Å². The summed E-state index contributed by atoms with van der Waals surface area (Å²) in [5, 5.41) is 3.01. The minimum absolute atomic E-state index is 0.172. The average Bonchev–Trinajstić information content (AvgIpc) is 3.00. The van der Waals surface area contributed by atoms with Gasteiger partial charge in [-0.25, -0.2) is 9.59 Å². The van der Waals surface area contributed by atoms with Crippen LogP contribution in [0.5, 0.6) is 0 Å². The van der Waals surface area contributed by atoms with Crippen LogP contribution in [-0.4, -0.2) is 36.6 Å². The van der Waals surface area contributed by atoms with Crippen LogP contribution in [-0.2, 0) is 19.1 Å². The maximum absolute atomic E-state index is 13.3. The molecule has 0 bridgehead atoms. The first-order chi connectivity index (χ1) is 14.4. The Morgan fingerprint density at radius 3 is 2.27 bits per heavy atom. The van der Waals surface area contributed by atoms with Gasteiger partial charge in [0.15, 0.2) is 5.54 Å². The number of benzene rings is 2. The molecule has 1 amide bonds. The highest BCUT2D eigenvalue weighted by Gasteiger charge is 2.49. The molecule has 1 aliphatic rings. The predicted molar refractivity (Wildman–Crippen MR) is 113 cm³/mol. The Kier molecular flexibility index (Phi) is 6.20. The van der Waals surface area contributed by atoms with Crippen molar-refractivity contribution >= 4 is 29.2 Å². The van der Waals surface area contributed by atoms with E-state index in [-0.39, 0.29) is 18.9 Å². The van der Waals surface area contributed by atoms with E-state index in [9.17, 15) is 14.4 Å². The molecule has 0 fully saturated rings. The first-order valence-electron chi connectivity index (χ1n) is 9.75. The second-order valence-electron chi connectivity index (χ2n) is 6.79. The zero-order valence-corrected chi connectivity index (χ0v) is 17.2. The molecule has 0 aromatic heterocycles. The summed E-state index contributed by atoms with van der Waals surface area (Å²) in [7, 11) is 0. The van der Waals surface area contributed by atoms with Crippen molar-refractivity contribution in [1.29, 1.82) is 0 Å². The standard InChI is InChI=1S/C23H24N2O5/c1-4-29-21(27)17-13-9-10-14-18(17)24-19-15-23(3,22(28)30-5-2)25(20(19)26)16-11-7-6-8-12-16/h6-15,24H,4-5H2,1-3H3/t23-/m0/s1. The Bertz CT molecular complexity index is 986. The molecule has 1 heterocycles. The molecule has 7 nitrogen and oxygen atoms in total. The molecule has 0 spiro atoms. The van der Waals surface area contributed by atoms with Gasteiger partial charge in [0, 0.05) is 5.69 Å². The van der Waals surface area contributed by atoms with Gasteiger partial charge in [-0.15, -0.1) is 0 Å². The number of anilines is 2. The Morgan fingerprint density at radius 2 is 1.60 bits per heavy atom. The quantitative estimate of drug-likeness (QED) is 0.706. The number of nitrogens with one attached hydrogen (secondary N) is 1. The highest BCUT2D eigenvalue weighted by molar-refractivity contribution is 6.17. The first-order valence-corrected chi connectivity index (χ1v) is 9.75. The lowest BCUT2D eigenvalue weighted by Gasteiger charge is -2.32. The van der Waals surface area contributed by atoms with Crippen molar-refractivity contribution in [2.45, 2.75) is 26.3 Å².